The number of H-pyrrole nitrogens is 1. The van der Waals surface area contributed by atoms with Crippen LogP contribution in [-0.2, 0) is 20.1 Å². The number of hydrogen-bond donors (Lipinski definition) is 1. The largest absolute Gasteiger partial charge is 0.301 e. The molecule has 0 fully saturated rings. The molecule has 0 bridgehead atoms. The van der Waals surface area contributed by atoms with Gasteiger partial charge in [-0.05, 0) is 26.0 Å². The number of rotatable bonds is 3. The quantitative estimate of drug-likeness (QED) is 0.281. The van der Waals surface area contributed by atoms with Crippen LogP contribution < -0.4 is 0 Å². The van der Waals surface area contributed by atoms with Crippen molar-refractivity contribution in [3.63, 3.8) is 0 Å². The van der Waals surface area contributed by atoms with E-state index in [2.05, 4.69) is 36.2 Å². The van der Waals surface area contributed by atoms with E-state index in [0.717, 1.165) is 39.7 Å². The Morgan fingerprint density at radius 1 is 0.879 bits per heavy atom. The average Bonchev–Trinajstić information content (AvgIpc) is 3.32. The Kier molecular flexibility index (Phi) is 8.24. The molecule has 8 heteroatoms. The van der Waals surface area contributed by atoms with Gasteiger partial charge in [0.1, 0.15) is 5.69 Å². The Balaban J connectivity index is 0.000000182. The second-order valence-corrected chi connectivity index (χ2v) is 6.95. The summed E-state index contributed by atoms with van der Waals surface area (Å²) in [5.41, 5.74) is 5.01. The van der Waals surface area contributed by atoms with Gasteiger partial charge in [-0.3, -0.25) is 19.5 Å². The van der Waals surface area contributed by atoms with E-state index in [4.69, 9.17) is 0 Å². The van der Waals surface area contributed by atoms with E-state index in [-0.39, 0.29) is 25.9 Å². The summed E-state index contributed by atoms with van der Waals surface area (Å²) in [6.07, 6.45) is 3.42. The number of halogens is 1. The number of pyridine rings is 1. The molecule has 1 radical (unpaired) electrons. The summed E-state index contributed by atoms with van der Waals surface area (Å²) < 4.78 is 12.7. The first-order chi connectivity index (χ1) is 15.6. The smallest absolute Gasteiger partial charge is 0.200 e. The normalized spacial score (nSPS) is 10.0. The first kappa shape index (κ1) is 24.0. The zero-order valence-corrected chi connectivity index (χ0v) is 20.3. The molecule has 3 heterocycles. The molecule has 5 rings (SSSR count). The van der Waals surface area contributed by atoms with Crippen LogP contribution in [-0.4, -0.2) is 30.1 Å². The van der Waals surface area contributed by atoms with Gasteiger partial charge in [-0.1, -0.05) is 36.4 Å². The summed E-state index contributed by atoms with van der Waals surface area (Å²) in [4.78, 5) is 17.2. The summed E-state index contributed by atoms with van der Waals surface area (Å²) in [5.74, 6) is 1.08. The van der Waals surface area contributed by atoms with Gasteiger partial charge >= 0.3 is 0 Å². The molecule has 0 unspecified atom stereocenters. The second-order valence-electron chi connectivity index (χ2n) is 6.95. The number of benzene rings is 2. The van der Waals surface area contributed by atoms with E-state index in [1.165, 1.54) is 12.1 Å². The first-order valence-corrected chi connectivity index (χ1v) is 9.97. The molecule has 0 amide bonds. The molecule has 0 saturated heterocycles. The van der Waals surface area contributed by atoms with Crippen molar-refractivity contribution in [1.82, 2.24) is 30.1 Å². The Morgan fingerprint density at radius 2 is 1.67 bits per heavy atom. The van der Waals surface area contributed by atoms with E-state index in [9.17, 15) is 4.39 Å². The predicted molar refractivity (Wildman–Crippen MR) is 121 cm³/mol. The van der Waals surface area contributed by atoms with Crippen LogP contribution in [0.2, 0.25) is 0 Å². The third kappa shape index (κ3) is 6.22. The van der Waals surface area contributed by atoms with Gasteiger partial charge in [-0.2, -0.15) is 5.10 Å². The van der Waals surface area contributed by atoms with Gasteiger partial charge in [0.2, 0.25) is 0 Å². The zero-order valence-electron chi connectivity index (χ0n) is 18.0. The van der Waals surface area contributed by atoms with Crippen LogP contribution in [0.1, 0.15) is 11.4 Å². The summed E-state index contributed by atoms with van der Waals surface area (Å²) >= 11 is 0. The number of aromatic nitrogens is 6. The Bertz CT molecular complexity index is 1240. The van der Waals surface area contributed by atoms with Crippen LogP contribution >= 0.6 is 0 Å². The molecule has 2 aromatic carbocycles. The minimum atomic E-state index is -0.295. The average molecular weight is 616 g/mol. The maximum atomic E-state index is 12.7. The minimum absolute atomic E-state index is 0. The van der Waals surface area contributed by atoms with Crippen molar-refractivity contribution in [1.29, 1.82) is 0 Å². The fourth-order valence-corrected chi connectivity index (χ4v) is 3.01. The Hall–Kier alpha value is -3.61. The van der Waals surface area contributed by atoms with Crippen molar-refractivity contribution in [3.8, 4) is 34.2 Å². The molecule has 33 heavy (non-hydrogen) atoms. The van der Waals surface area contributed by atoms with E-state index in [1.807, 2.05) is 62.4 Å². The van der Waals surface area contributed by atoms with Gasteiger partial charge in [-0.25, -0.2) is 4.98 Å². The molecule has 0 aliphatic carbocycles. The van der Waals surface area contributed by atoms with Crippen LogP contribution in [0.3, 0.4) is 0 Å². The summed E-state index contributed by atoms with van der Waals surface area (Å²) in [5, 5.41) is 7.08. The second kappa shape index (κ2) is 11.3. The van der Waals surface area contributed by atoms with E-state index in [1.54, 1.807) is 18.5 Å². The number of aromatic amines is 1. The van der Waals surface area contributed by atoms with Crippen molar-refractivity contribution in [2.75, 3.05) is 0 Å². The third-order valence-corrected chi connectivity index (χ3v) is 4.52. The molecule has 167 valence electrons. The molecule has 0 aliphatic rings. The van der Waals surface area contributed by atoms with Gasteiger partial charge in [0.25, 0.3) is 0 Å². The monoisotopic (exact) mass is 616 g/mol. The molecule has 5 aromatic rings. The summed E-state index contributed by atoms with van der Waals surface area (Å²) in [7, 11) is 0. The van der Waals surface area contributed by atoms with Gasteiger partial charge in [0, 0.05) is 55.3 Å². The van der Waals surface area contributed by atoms with Crippen molar-refractivity contribution < 1.29 is 24.5 Å². The van der Waals surface area contributed by atoms with Crippen LogP contribution in [0.5, 0.6) is 0 Å². The van der Waals surface area contributed by atoms with Gasteiger partial charge in [0.05, 0.1) is 5.69 Å². The van der Waals surface area contributed by atoms with E-state index in [0.29, 0.717) is 5.82 Å². The molecule has 0 spiro atoms. The topological polar surface area (TPSA) is 80.2 Å². The number of aryl methyl sites for hydroxylation is 2. The molecular weight excluding hydrogens is 596 g/mol. The van der Waals surface area contributed by atoms with Gasteiger partial charge in [0.15, 0.2) is 11.6 Å². The van der Waals surface area contributed by atoms with Crippen molar-refractivity contribution in [3.05, 3.63) is 102 Å². The first-order valence-electron chi connectivity index (χ1n) is 9.97. The summed E-state index contributed by atoms with van der Waals surface area (Å²) in [6.45, 7) is 3.77. The molecule has 0 aliphatic heterocycles. The Labute approximate surface area is 204 Å². The summed E-state index contributed by atoms with van der Waals surface area (Å²) in [6, 6.07) is 22.8. The molecule has 6 nitrogen and oxygen atoms in total. The van der Waals surface area contributed by atoms with Crippen LogP contribution in [0, 0.1) is 25.7 Å². The third-order valence-electron chi connectivity index (χ3n) is 4.52. The van der Waals surface area contributed by atoms with E-state index >= 15 is 0 Å². The predicted octanol–water partition coefficient (Wildman–Crippen LogP) is 5.23. The molecule has 3 aromatic heterocycles. The van der Waals surface area contributed by atoms with Crippen molar-refractivity contribution in [2.45, 2.75) is 13.8 Å². The van der Waals surface area contributed by atoms with Gasteiger partial charge < -0.3 is 4.98 Å². The zero-order chi connectivity index (χ0) is 22.3. The maximum absolute atomic E-state index is 12.7. The van der Waals surface area contributed by atoms with Crippen molar-refractivity contribution in [2.24, 2.45) is 0 Å². The number of hydrogen-bond acceptors (Lipinski definition) is 5. The van der Waals surface area contributed by atoms with Gasteiger partial charge in [-0.15, -0.1) is 29.8 Å². The van der Waals surface area contributed by atoms with Crippen LogP contribution in [0.25, 0.3) is 34.2 Å². The molecule has 0 saturated carbocycles. The Morgan fingerprint density at radius 3 is 2.33 bits per heavy atom. The fraction of sp³-hybridized carbons (Fsp3) is 0.0800. The van der Waals surface area contributed by atoms with Crippen LogP contribution in [0.4, 0.5) is 4.39 Å². The number of nitrogens with one attached hydrogen (secondary N) is 1. The van der Waals surface area contributed by atoms with Crippen molar-refractivity contribution >= 4 is 0 Å². The maximum Gasteiger partial charge on any atom is 0.200 e. The molecule has 0 atom stereocenters. The minimum Gasteiger partial charge on any atom is -0.301 e. The molecule has 1 N–H and O–H groups in total. The number of nitrogens with zero attached hydrogens (tertiary/aromatic N) is 5. The molecular formula is C25H20FIrN6-. The fourth-order valence-electron chi connectivity index (χ4n) is 3.01. The SMILES string of the molecule is Cc1cnc(-c2[c-]cc(F)cc2)c(C)n1.[Ir].c1ccc(-c2nc(-c3ccccn3)n[nH]2)cc1. The standard InChI is InChI=1S/C13H10N4.C12H10FN2.Ir/c1-2-6-10(7-3-1)12-15-13(17-16-12)11-8-4-5-9-14-11;1-8-7-14-12(9(2)15-8)10-3-5-11(13)6-4-10;/h1-9H,(H,15,16,17);3,5-7H,1-2H3;/q;-1;. The van der Waals surface area contributed by atoms with E-state index < -0.39 is 0 Å². The van der Waals surface area contributed by atoms with Crippen LogP contribution in [0.15, 0.2) is 79.1 Å².